The summed E-state index contributed by atoms with van der Waals surface area (Å²) in [4.78, 5) is 2.23. The maximum absolute atomic E-state index is 13.4. The van der Waals surface area contributed by atoms with Crippen LogP contribution in [0.1, 0.15) is 0 Å². The van der Waals surface area contributed by atoms with Gasteiger partial charge in [-0.05, 0) is 30.3 Å². The molecular weight excluding hydrogens is 380 g/mol. The highest BCUT2D eigenvalue weighted by molar-refractivity contribution is 7.90. The zero-order valence-electron chi connectivity index (χ0n) is 15.8. The first-order valence-corrected chi connectivity index (χ1v) is 10.4. The molecule has 4 rings (SSSR count). The number of fused-ring (bicyclic) bond motifs is 1. The SMILES string of the molecule is COc1ccc(OC)c(S(=O)(=O)n2ncc3ccc(N4CCNCC4)cc32)c1. The van der Waals surface area contributed by atoms with E-state index >= 15 is 0 Å². The highest BCUT2D eigenvalue weighted by Crippen LogP contribution is 2.32. The number of aromatic nitrogens is 2. The van der Waals surface area contributed by atoms with Crippen LogP contribution in [0.2, 0.25) is 0 Å². The summed E-state index contributed by atoms with van der Waals surface area (Å²) < 4.78 is 38.3. The number of hydrogen-bond donors (Lipinski definition) is 1. The van der Waals surface area contributed by atoms with Crippen LogP contribution in [0.4, 0.5) is 5.69 Å². The molecule has 1 aliphatic rings. The van der Waals surface area contributed by atoms with Crippen molar-refractivity contribution < 1.29 is 17.9 Å². The Hall–Kier alpha value is -2.78. The number of rotatable bonds is 5. The van der Waals surface area contributed by atoms with Crippen LogP contribution in [-0.2, 0) is 10.0 Å². The third-order valence-electron chi connectivity index (χ3n) is 4.88. The van der Waals surface area contributed by atoms with Crippen LogP contribution in [0.15, 0.2) is 47.5 Å². The molecule has 0 aliphatic carbocycles. The van der Waals surface area contributed by atoms with Crippen molar-refractivity contribution in [3.05, 3.63) is 42.6 Å². The molecule has 0 bridgehead atoms. The summed E-state index contributed by atoms with van der Waals surface area (Å²) in [5, 5.41) is 8.23. The number of anilines is 1. The minimum atomic E-state index is -3.98. The van der Waals surface area contributed by atoms with Gasteiger partial charge in [-0.3, -0.25) is 0 Å². The van der Waals surface area contributed by atoms with Crippen molar-refractivity contribution in [2.45, 2.75) is 4.90 Å². The third kappa shape index (κ3) is 3.16. The van der Waals surface area contributed by atoms with Crippen LogP contribution in [0, 0.1) is 0 Å². The molecule has 148 valence electrons. The first-order valence-electron chi connectivity index (χ1n) is 8.95. The Morgan fingerprint density at radius 3 is 2.54 bits per heavy atom. The molecule has 9 heteroatoms. The van der Waals surface area contributed by atoms with Crippen LogP contribution in [0.25, 0.3) is 10.9 Å². The second-order valence-electron chi connectivity index (χ2n) is 6.49. The van der Waals surface area contributed by atoms with E-state index in [1.165, 1.54) is 20.3 Å². The Bertz CT molecular complexity index is 1100. The minimum Gasteiger partial charge on any atom is -0.497 e. The lowest BCUT2D eigenvalue weighted by molar-refractivity contribution is 0.392. The fourth-order valence-corrected chi connectivity index (χ4v) is 4.82. The van der Waals surface area contributed by atoms with Crippen molar-refractivity contribution in [3.8, 4) is 11.5 Å². The van der Waals surface area contributed by atoms with Gasteiger partial charge in [-0.15, -0.1) is 0 Å². The van der Waals surface area contributed by atoms with E-state index in [1.807, 2.05) is 18.2 Å². The first-order chi connectivity index (χ1) is 13.5. The zero-order chi connectivity index (χ0) is 19.7. The molecule has 1 saturated heterocycles. The second-order valence-corrected chi connectivity index (χ2v) is 8.23. The average molecular weight is 402 g/mol. The van der Waals surface area contributed by atoms with Gasteiger partial charge in [0.15, 0.2) is 0 Å². The van der Waals surface area contributed by atoms with Crippen molar-refractivity contribution in [2.24, 2.45) is 0 Å². The Balaban J connectivity index is 1.84. The maximum atomic E-state index is 13.4. The second kappa shape index (κ2) is 7.33. The number of hydrogen-bond acceptors (Lipinski definition) is 7. The molecule has 1 N–H and O–H groups in total. The van der Waals surface area contributed by atoms with Gasteiger partial charge >= 0.3 is 0 Å². The Morgan fingerprint density at radius 1 is 1.04 bits per heavy atom. The van der Waals surface area contributed by atoms with E-state index in [-0.39, 0.29) is 10.6 Å². The van der Waals surface area contributed by atoms with Crippen molar-refractivity contribution in [1.29, 1.82) is 0 Å². The van der Waals surface area contributed by atoms with Gasteiger partial charge in [0.25, 0.3) is 10.0 Å². The molecule has 0 radical (unpaired) electrons. The normalized spacial score (nSPS) is 15.0. The van der Waals surface area contributed by atoms with Crippen molar-refractivity contribution >= 4 is 26.6 Å². The summed E-state index contributed by atoms with van der Waals surface area (Å²) in [5.74, 6) is 0.667. The van der Waals surface area contributed by atoms with Crippen molar-refractivity contribution in [3.63, 3.8) is 0 Å². The number of benzene rings is 2. The monoisotopic (exact) mass is 402 g/mol. The van der Waals surface area contributed by atoms with Crippen molar-refractivity contribution in [1.82, 2.24) is 14.5 Å². The molecule has 1 aliphatic heterocycles. The summed E-state index contributed by atoms with van der Waals surface area (Å²) in [5.41, 5.74) is 1.50. The number of piperazine rings is 1. The van der Waals surface area contributed by atoms with Crippen LogP contribution in [-0.4, -0.2) is 58.0 Å². The molecule has 0 spiro atoms. The summed E-state index contributed by atoms with van der Waals surface area (Å²) >= 11 is 0. The molecule has 0 amide bonds. The van der Waals surface area contributed by atoms with Gasteiger partial charge in [-0.1, -0.05) is 0 Å². The summed E-state index contributed by atoms with van der Waals surface area (Å²) in [7, 11) is -1.05. The molecule has 1 aromatic heterocycles. The van der Waals surface area contributed by atoms with Crippen LogP contribution in [0.5, 0.6) is 11.5 Å². The van der Waals surface area contributed by atoms with Crippen LogP contribution < -0.4 is 19.7 Å². The largest absolute Gasteiger partial charge is 0.497 e. The van der Waals surface area contributed by atoms with E-state index in [1.54, 1.807) is 18.3 Å². The first kappa shape index (κ1) is 18.6. The van der Waals surface area contributed by atoms with Crippen molar-refractivity contribution in [2.75, 3.05) is 45.3 Å². The highest BCUT2D eigenvalue weighted by Gasteiger charge is 2.26. The minimum absolute atomic E-state index is 0.00641. The lowest BCUT2D eigenvalue weighted by Gasteiger charge is -2.29. The van der Waals surface area contributed by atoms with E-state index in [0.29, 0.717) is 11.3 Å². The Labute approximate surface area is 163 Å². The predicted octanol–water partition coefficient (Wildman–Crippen LogP) is 1.70. The van der Waals surface area contributed by atoms with Crippen LogP contribution in [0.3, 0.4) is 0 Å². The molecule has 2 aromatic carbocycles. The highest BCUT2D eigenvalue weighted by atomic mass is 32.2. The lowest BCUT2D eigenvalue weighted by Crippen LogP contribution is -2.43. The van der Waals surface area contributed by atoms with Gasteiger partial charge in [0.1, 0.15) is 16.4 Å². The van der Waals surface area contributed by atoms with Gasteiger partial charge in [0, 0.05) is 43.3 Å². The van der Waals surface area contributed by atoms with E-state index in [9.17, 15) is 8.42 Å². The van der Waals surface area contributed by atoms with E-state index in [4.69, 9.17) is 9.47 Å². The average Bonchev–Trinajstić information content (AvgIpc) is 3.18. The summed E-state index contributed by atoms with van der Waals surface area (Å²) in [6.45, 7) is 3.54. The maximum Gasteiger partial charge on any atom is 0.287 e. The fraction of sp³-hybridized carbons (Fsp3) is 0.316. The van der Waals surface area contributed by atoms with Crippen LogP contribution >= 0.6 is 0 Å². The summed E-state index contributed by atoms with van der Waals surface area (Å²) in [6.07, 6.45) is 1.56. The molecular formula is C19H22N4O4S. The summed E-state index contributed by atoms with van der Waals surface area (Å²) in [6, 6.07) is 10.4. The third-order valence-corrected chi connectivity index (χ3v) is 6.50. The topological polar surface area (TPSA) is 85.7 Å². The fourth-order valence-electron chi connectivity index (χ4n) is 3.37. The molecule has 28 heavy (non-hydrogen) atoms. The molecule has 0 atom stereocenters. The molecule has 8 nitrogen and oxygen atoms in total. The van der Waals surface area contributed by atoms with E-state index in [0.717, 1.165) is 41.3 Å². The molecule has 1 fully saturated rings. The lowest BCUT2D eigenvalue weighted by atomic mass is 10.2. The molecule has 3 aromatic rings. The number of ether oxygens (including phenoxy) is 2. The molecule has 0 unspecified atom stereocenters. The Kier molecular flexibility index (Phi) is 4.86. The molecule has 2 heterocycles. The number of nitrogens with one attached hydrogen (secondary N) is 1. The van der Waals surface area contributed by atoms with E-state index in [2.05, 4.69) is 15.3 Å². The smallest absolute Gasteiger partial charge is 0.287 e. The van der Waals surface area contributed by atoms with Gasteiger partial charge in [0.05, 0.1) is 25.9 Å². The quantitative estimate of drug-likeness (QED) is 0.695. The standard InChI is InChI=1S/C19H22N4O4S/c1-26-16-5-6-18(27-2)19(12-16)28(24,25)23-17-11-15(4-3-14(17)13-21-23)22-9-7-20-8-10-22/h3-6,11-13,20H,7-10H2,1-2H3. The van der Waals surface area contributed by atoms with Gasteiger partial charge in [-0.2, -0.15) is 17.6 Å². The Morgan fingerprint density at radius 2 is 1.82 bits per heavy atom. The van der Waals surface area contributed by atoms with Gasteiger partial charge in [0.2, 0.25) is 0 Å². The number of methoxy groups -OCH3 is 2. The van der Waals surface area contributed by atoms with E-state index < -0.39 is 10.0 Å². The number of nitrogens with zero attached hydrogens (tertiary/aromatic N) is 3. The van der Waals surface area contributed by atoms with Gasteiger partial charge in [-0.25, -0.2) is 0 Å². The molecule has 0 saturated carbocycles. The predicted molar refractivity (Wildman–Crippen MR) is 107 cm³/mol. The van der Waals surface area contributed by atoms with Gasteiger partial charge < -0.3 is 19.7 Å². The zero-order valence-corrected chi connectivity index (χ0v) is 16.6.